The molecule has 1 aliphatic heterocycles. The van der Waals surface area contributed by atoms with E-state index in [0.29, 0.717) is 12.3 Å². The number of rotatable bonds is 3. The molecule has 0 saturated carbocycles. The molecule has 5 nitrogen and oxygen atoms in total. The fraction of sp³-hybridized carbons (Fsp3) is 0.429. The van der Waals surface area contributed by atoms with Crippen molar-refractivity contribution in [1.82, 2.24) is 14.5 Å². The first-order chi connectivity index (χ1) is 12.5. The van der Waals surface area contributed by atoms with E-state index in [1.54, 1.807) is 6.26 Å². The molecule has 0 unspecified atom stereocenters. The fourth-order valence-corrected chi connectivity index (χ4v) is 4.03. The number of aryl methyl sites for hydroxylation is 3. The molecule has 3 aromatic rings. The molecule has 1 aliphatic rings. The standard InChI is InChI=1S/C21H25N3O2/c1-14-6-7-18-17(13-26-19(18)9-14)10-20(25)24-8-4-5-16(12-24)21-22-15(2)11-23(21)3/h6-7,9,11,13,16H,4-5,8,10,12H2,1-3H3/t16-/m1/s1. The number of nitrogens with zero attached hydrogens (tertiary/aromatic N) is 3. The van der Waals surface area contributed by atoms with Crippen LogP contribution in [-0.2, 0) is 18.3 Å². The van der Waals surface area contributed by atoms with Crippen LogP contribution in [0.2, 0.25) is 0 Å². The van der Waals surface area contributed by atoms with Crippen LogP contribution < -0.4 is 0 Å². The Balaban J connectivity index is 1.49. The number of hydrogen-bond acceptors (Lipinski definition) is 3. The summed E-state index contributed by atoms with van der Waals surface area (Å²) in [5.41, 5.74) is 4.02. The topological polar surface area (TPSA) is 51.3 Å². The van der Waals surface area contributed by atoms with E-state index in [-0.39, 0.29) is 5.91 Å². The lowest BCUT2D eigenvalue weighted by Gasteiger charge is -2.32. The van der Waals surface area contributed by atoms with Crippen LogP contribution >= 0.6 is 0 Å². The second-order valence-electron chi connectivity index (χ2n) is 7.47. The van der Waals surface area contributed by atoms with Gasteiger partial charge in [-0.1, -0.05) is 12.1 Å². The summed E-state index contributed by atoms with van der Waals surface area (Å²) in [7, 11) is 2.04. The lowest BCUT2D eigenvalue weighted by atomic mass is 9.96. The van der Waals surface area contributed by atoms with Crippen LogP contribution in [-0.4, -0.2) is 33.4 Å². The second kappa shape index (κ2) is 6.63. The minimum absolute atomic E-state index is 0.170. The van der Waals surface area contributed by atoms with Gasteiger partial charge in [-0.3, -0.25) is 4.79 Å². The number of imidazole rings is 1. The first kappa shape index (κ1) is 16.9. The number of aromatic nitrogens is 2. The summed E-state index contributed by atoms with van der Waals surface area (Å²) in [6.07, 6.45) is 6.28. The van der Waals surface area contributed by atoms with E-state index in [2.05, 4.69) is 21.8 Å². The Hall–Kier alpha value is -2.56. The average Bonchev–Trinajstić information content (AvgIpc) is 3.17. The normalized spacial score (nSPS) is 17.8. The molecule has 4 rings (SSSR count). The van der Waals surface area contributed by atoms with Gasteiger partial charge in [0.15, 0.2) is 0 Å². The zero-order chi connectivity index (χ0) is 18.3. The van der Waals surface area contributed by atoms with Crippen LogP contribution in [0, 0.1) is 13.8 Å². The molecule has 1 atom stereocenters. The number of likely N-dealkylation sites (tertiary alicyclic amines) is 1. The third kappa shape index (κ3) is 3.14. The SMILES string of the molecule is Cc1ccc2c(CC(=O)N3CCC[C@@H](c4nc(C)cn4C)C3)coc2c1. The van der Waals surface area contributed by atoms with E-state index in [1.165, 1.54) is 0 Å². The summed E-state index contributed by atoms with van der Waals surface area (Å²) in [4.78, 5) is 19.6. The Morgan fingerprint density at radius 2 is 2.19 bits per heavy atom. The summed E-state index contributed by atoms with van der Waals surface area (Å²) in [6, 6.07) is 6.13. The van der Waals surface area contributed by atoms with Crippen molar-refractivity contribution in [3.05, 3.63) is 53.3 Å². The third-order valence-electron chi connectivity index (χ3n) is 5.32. The number of hydrogen-bond donors (Lipinski definition) is 0. The average molecular weight is 351 g/mol. The molecule has 0 bridgehead atoms. The Kier molecular flexibility index (Phi) is 4.31. The molecule has 2 aromatic heterocycles. The Bertz CT molecular complexity index is 953. The van der Waals surface area contributed by atoms with Crippen molar-refractivity contribution in [3.63, 3.8) is 0 Å². The lowest BCUT2D eigenvalue weighted by Crippen LogP contribution is -2.40. The number of amides is 1. The molecule has 26 heavy (non-hydrogen) atoms. The van der Waals surface area contributed by atoms with Crippen molar-refractivity contribution in [2.75, 3.05) is 13.1 Å². The van der Waals surface area contributed by atoms with Crippen LogP contribution in [0.1, 0.15) is 41.4 Å². The minimum atomic E-state index is 0.170. The molecule has 0 radical (unpaired) electrons. The van der Waals surface area contributed by atoms with Crippen molar-refractivity contribution in [3.8, 4) is 0 Å². The summed E-state index contributed by atoms with van der Waals surface area (Å²) < 4.78 is 7.74. The van der Waals surface area contributed by atoms with Crippen LogP contribution in [0.5, 0.6) is 0 Å². The lowest BCUT2D eigenvalue weighted by molar-refractivity contribution is -0.131. The zero-order valence-electron chi connectivity index (χ0n) is 15.7. The minimum Gasteiger partial charge on any atom is -0.464 e. The number of fused-ring (bicyclic) bond motifs is 1. The van der Waals surface area contributed by atoms with Crippen molar-refractivity contribution in [2.24, 2.45) is 7.05 Å². The van der Waals surface area contributed by atoms with Crippen LogP contribution in [0.3, 0.4) is 0 Å². The maximum Gasteiger partial charge on any atom is 0.227 e. The highest BCUT2D eigenvalue weighted by molar-refractivity contribution is 5.88. The Labute approximate surface area is 153 Å². The zero-order valence-corrected chi connectivity index (χ0v) is 15.7. The van der Waals surface area contributed by atoms with Gasteiger partial charge in [-0.15, -0.1) is 0 Å². The highest BCUT2D eigenvalue weighted by Gasteiger charge is 2.27. The first-order valence-electron chi connectivity index (χ1n) is 9.25. The van der Waals surface area contributed by atoms with Crippen molar-refractivity contribution >= 4 is 16.9 Å². The number of furan rings is 1. The van der Waals surface area contributed by atoms with Crippen molar-refractivity contribution in [2.45, 2.75) is 39.0 Å². The van der Waals surface area contributed by atoms with Crippen LogP contribution in [0.4, 0.5) is 0 Å². The molecule has 136 valence electrons. The van der Waals surface area contributed by atoms with Gasteiger partial charge in [0, 0.05) is 43.2 Å². The Morgan fingerprint density at radius 3 is 2.96 bits per heavy atom. The van der Waals surface area contributed by atoms with Gasteiger partial charge < -0.3 is 13.9 Å². The monoisotopic (exact) mass is 351 g/mol. The van der Waals surface area contributed by atoms with Gasteiger partial charge in [0.2, 0.25) is 5.91 Å². The number of piperidine rings is 1. The smallest absolute Gasteiger partial charge is 0.227 e. The van der Waals surface area contributed by atoms with E-state index in [9.17, 15) is 4.79 Å². The molecular weight excluding hydrogens is 326 g/mol. The third-order valence-corrected chi connectivity index (χ3v) is 5.32. The van der Waals surface area contributed by atoms with E-state index >= 15 is 0 Å². The van der Waals surface area contributed by atoms with Gasteiger partial charge in [-0.05, 0) is 38.3 Å². The highest BCUT2D eigenvalue weighted by atomic mass is 16.3. The second-order valence-corrected chi connectivity index (χ2v) is 7.47. The molecule has 1 aromatic carbocycles. The quantitative estimate of drug-likeness (QED) is 0.722. The molecular formula is C21H25N3O2. The van der Waals surface area contributed by atoms with Gasteiger partial charge in [-0.25, -0.2) is 4.98 Å². The van der Waals surface area contributed by atoms with E-state index < -0.39 is 0 Å². The van der Waals surface area contributed by atoms with Crippen molar-refractivity contribution < 1.29 is 9.21 Å². The Morgan fingerprint density at radius 1 is 1.35 bits per heavy atom. The van der Waals surface area contributed by atoms with E-state index in [0.717, 1.165) is 59.5 Å². The largest absolute Gasteiger partial charge is 0.464 e. The van der Waals surface area contributed by atoms with Gasteiger partial charge >= 0.3 is 0 Å². The predicted octanol–water partition coefficient (Wildman–Crippen LogP) is 3.73. The van der Waals surface area contributed by atoms with Gasteiger partial charge in [0.05, 0.1) is 18.4 Å². The predicted molar refractivity (Wildman–Crippen MR) is 101 cm³/mol. The van der Waals surface area contributed by atoms with E-state index in [1.807, 2.05) is 37.9 Å². The number of carbonyl (C=O) groups excluding carboxylic acids is 1. The molecule has 0 N–H and O–H groups in total. The summed E-state index contributed by atoms with van der Waals surface area (Å²) in [5, 5.41) is 1.04. The van der Waals surface area contributed by atoms with Gasteiger partial charge in [0.25, 0.3) is 0 Å². The van der Waals surface area contributed by atoms with Gasteiger partial charge in [0.1, 0.15) is 11.4 Å². The molecule has 5 heteroatoms. The van der Waals surface area contributed by atoms with Gasteiger partial charge in [-0.2, -0.15) is 0 Å². The van der Waals surface area contributed by atoms with Crippen molar-refractivity contribution in [1.29, 1.82) is 0 Å². The highest BCUT2D eigenvalue weighted by Crippen LogP contribution is 2.28. The summed E-state index contributed by atoms with van der Waals surface area (Å²) in [5.74, 6) is 1.57. The first-order valence-corrected chi connectivity index (χ1v) is 9.25. The summed E-state index contributed by atoms with van der Waals surface area (Å²) >= 11 is 0. The fourth-order valence-electron chi connectivity index (χ4n) is 4.03. The number of benzene rings is 1. The molecule has 1 fully saturated rings. The molecule has 1 saturated heterocycles. The number of carbonyl (C=O) groups is 1. The maximum absolute atomic E-state index is 12.9. The van der Waals surface area contributed by atoms with E-state index in [4.69, 9.17) is 4.42 Å². The molecule has 3 heterocycles. The molecule has 1 amide bonds. The van der Waals surface area contributed by atoms with Crippen LogP contribution in [0.25, 0.3) is 11.0 Å². The molecule has 0 spiro atoms. The van der Waals surface area contributed by atoms with Crippen LogP contribution in [0.15, 0.2) is 35.1 Å². The molecule has 0 aliphatic carbocycles. The summed E-state index contributed by atoms with van der Waals surface area (Å²) in [6.45, 7) is 5.63. The maximum atomic E-state index is 12.9.